The molecule has 0 saturated carbocycles. The molecule has 5 nitrogen and oxygen atoms in total. The minimum absolute atomic E-state index is 0.283. The molecule has 0 spiro atoms. The standard InChI is InChI=1S/C13H10BrFN2O3/c1-20-11-2-3-12(14)13(7-11)16-9-4-8(15)5-10(6-9)17(18)19/h2-7,16H,1H3. The second-order valence-corrected chi connectivity index (χ2v) is 4.78. The number of hydrogen-bond acceptors (Lipinski definition) is 4. The molecule has 104 valence electrons. The molecule has 0 aliphatic carbocycles. The minimum atomic E-state index is -0.680. The van der Waals surface area contributed by atoms with E-state index >= 15 is 0 Å². The highest BCUT2D eigenvalue weighted by molar-refractivity contribution is 9.10. The molecule has 20 heavy (non-hydrogen) atoms. The molecule has 0 aliphatic heterocycles. The van der Waals surface area contributed by atoms with E-state index in [-0.39, 0.29) is 11.4 Å². The van der Waals surface area contributed by atoms with E-state index in [0.717, 1.165) is 10.5 Å². The molecule has 2 aromatic carbocycles. The van der Waals surface area contributed by atoms with Crippen LogP contribution in [0.15, 0.2) is 40.9 Å². The quantitative estimate of drug-likeness (QED) is 0.667. The first-order chi connectivity index (χ1) is 9.49. The number of ether oxygens (including phenoxy) is 1. The summed E-state index contributed by atoms with van der Waals surface area (Å²) in [7, 11) is 1.53. The SMILES string of the molecule is COc1ccc(Br)c(Nc2cc(F)cc([N+](=O)[O-])c2)c1. The first-order valence-electron chi connectivity index (χ1n) is 5.55. The molecule has 0 aromatic heterocycles. The van der Waals surface area contributed by atoms with Gasteiger partial charge in [0.25, 0.3) is 5.69 Å². The summed E-state index contributed by atoms with van der Waals surface area (Å²) >= 11 is 3.34. The van der Waals surface area contributed by atoms with Crippen LogP contribution >= 0.6 is 15.9 Å². The van der Waals surface area contributed by atoms with Crippen molar-refractivity contribution in [2.24, 2.45) is 0 Å². The fourth-order valence-corrected chi connectivity index (χ4v) is 1.98. The number of nitrogens with one attached hydrogen (secondary N) is 1. The van der Waals surface area contributed by atoms with Gasteiger partial charge in [0.2, 0.25) is 0 Å². The van der Waals surface area contributed by atoms with Gasteiger partial charge in [-0.3, -0.25) is 10.1 Å². The number of rotatable bonds is 4. The average molecular weight is 341 g/mol. The molecule has 7 heteroatoms. The molecule has 0 radical (unpaired) electrons. The van der Waals surface area contributed by atoms with E-state index in [0.29, 0.717) is 11.4 Å². The van der Waals surface area contributed by atoms with Crippen molar-refractivity contribution in [3.8, 4) is 5.75 Å². The van der Waals surface area contributed by atoms with Gasteiger partial charge < -0.3 is 10.1 Å². The summed E-state index contributed by atoms with van der Waals surface area (Å²) < 4.78 is 19.2. The summed E-state index contributed by atoms with van der Waals surface area (Å²) in [6.45, 7) is 0. The summed E-state index contributed by atoms with van der Waals surface area (Å²) in [6, 6.07) is 8.51. The number of nitrogens with zero attached hydrogens (tertiary/aromatic N) is 1. The molecule has 0 atom stereocenters. The van der Waals surface area contributed by atoms with Crippen LogP contribution in [0.3, 0.4) is 0 Å². The predicted molar refractivity (Wildman–Crippen MR) is 77.0 cm³/mol. The van der Waals surface area contributed by atoms with Crippen molar-refractivity contribution in [2.45, 2.75) is 0 Å². The lowest BCUT2D eigenvalue weighted by molar-refractivity contribution is -0.385. The summed E-state index contributed by atoms with van der Waals surface area (Å²) in [4.78, 5) is 10.1. The van der Waals surface area contributed by atoms with E-state index in [2.05, 4.69) is 21.2 Å². The Morgan fingerprint density at radius 1 is 1.30 bits per heavy atom. The lowest BCUT2D eigenvalue weighted by Gasteiger charge is -2.10. The van der Waals surface area contributed by atoms with Crippen LogP contribution in [-0.4, -0.2) is 12.0 Å². The largest absolute Gasteiger partial charge is 0.497 e. The van der Waals surface area contributed by atoms with Crippen LogP contribution in [0.25, 0.3) is 0 Å². The van der Waals surface area contributed by atoms with Gasteiger partial charge in [-0.1, -0.05) is 0 Å². The number of hydrogen-bond donors (Lipinski definition) is 1. The molecule has 2 rings (SSSR count). The predicted octanol–water partition coefficient (Wildman–Crippen LogP) is 4.25. The highest BCUT2D eigenvalue weighted by Crippen LogP contribution is 2.31. The fourth-order valence-electron chi connectivity index (χ4n) is 1.63. The number of benzene rings is 2. The minimum Gasteiger partial charge on any atom is -0.497 e. The normalized spacial score (nSPS) is 10.2. The first-order valence-corrected chi connectivity index (χ1v) is 6.34. The van der Waals surface area contributed by atoms with Crippen molar-refractivity contribution >= 4 is 33.0 Å². The Hall–Kier alpha value is -2.15. The molecule has 0 unspecified atom stereocenters. The number of anilines is 2. The molecule has 2 aromatic rings. The van der Waals surface area contributed by atoms with Gasteiger partial charge in [0.05, 0.1) is 23.8 Å². The second-order valence-electron chi connectivity index (χ2n) is 3.93. The third-order valence-electron chi connectivity index (χ3n) is 2.55. The van der Waals surface area contributed by atoms with Gasteiger partial charge in [-0.2, -0.15) is 0 Å². The molecule has 0 heterocycles. The zero-order valence-electron chi connectivity index (χ0n) is 10.4. The van der Waals surface area contributed by atoms with E-state index in [1.54, 1.807) is 18.2 Å². The zero-order valence-corrected chi connectivity index (χ0v) is 12.0. The Bertz CT molecular complexity index is 664. The van der Waals surface area contributed by atoms with E-state index in [1.807, 2.05) is 0 Å². The van der Waals surface area contributed by atoms with Gasteiger partial charge in [0.15, 0.2) is 0 Å². The highest BCUT2D eigenvalue weighted by Gasteiger charge is 2.11. The van der Waals surface area contributed by atoms with Gasteiger partial charge in [-0.25, -0.2) is 4.39 Å². The van der Waals surface area contributed by atoms with Crippen molar-refractivity contribution < 1.29 is 14.1 Å². The third kappa shape index (κ3) is 3.24. The molecule has 0 bridgehead atoms. The summed E-state index contributed by atoms with van der Waals surface area (Å²) in [5.74, 6) is -0.0673. The molecular weight excluding hydrogens is 331 g/mol. The van der Waals surface area contributed by atoms with Gasteiger partial charge in [-0.05, 0) is 34.1 Å². The van der Waals surface area contributed by atoms with Crippen LogP contribution in [0, 0.1) is 15.9 Å². The Labute approximate surface area is 122 Å². The van der Waals surface area contributed by atoms with E-state index in [1.165, 1.54) is 19.2 Å². The topological polar surface area (TPSA) is 64.4 Å². The highest BCUT2D eigenvalue weighted by atomic mass is 79.9. The van der Waals surface area contributed by atoms with Crippen molar-refractivity contribution in [3.05, 3.63) is 56.8 Å². The molecule has 0 saturated heterocycles. The average Bonchev–Trinajstić information content (AvgIpc) is 2.40. The number of halogens is 2. The number of nitro groups is 1. The van der Waals surface area contributed by atoms with E-state index in [4.69, 9.17) is 4.74 Å². The second kappa shape index (κ2) is 5.87. The smallest absolute Gasteiger partial charge is 0.274 e. The Morgan fingerprint density at radius 2 is 2.05 bits per heavy atom. The van der Waals surface area contributed by atoms with Crippen LogP contribution < -0.4 is 10.1 Å². The summed E-state index contributed by atoms with van der Waals surface area (Å²) in [6.07, 6.45) is 0. The van der Waals surface area contributed by atoms with Crippen molar-refractivity contribution in [3.63, 3.8) is 0 Å². The van der Waals surface area contributed by atoms with Crippen LogP contribution in [0.1, 0.15) is 0 Å². The lowest BCUT2D eigenvalue weighted by atomic mass is 10.2. The van der Waals surface area contributed by atoms with Crippen molar-refractivity contribution in [1.82, 2.24) is 0 Å². The number of nitro benzene ring substituents is 1. The maximum atomic E-state index is 13.4. The first kappa shape index (κ1) is 14.3. The number of non-ortho nitro benzene ring substituents is 1. The molecular formula is C13H10BrFN2O3. The molecule has 0 aliphatic rings. The summed E-state index contributed by atoms with van der Waals surface area (Å²) in [5, 5.41) is 13.6. The lowest BCUT2D eigenvalue weighted by Crippen LogP contribution is -1.96. The maximum absolute atomic E-state index is 13.4. The van der Waals surface area contributed by atoms with Gasteiger partial charge in [-0.15, -0.1) is 0 Å². The Balaban J connectivity index is 2.36. The van der Waals surface area contributed by atoms with Crippen LogP contribution in [0.2, 0.25) is 0 Å². The van der Waals surface area contributed by atoms with Gasteiger partial charge in [0.1, 0.15) is 11.6 Å². The summed E-state index contributed by atoms with van der Waals surface area (Å²) in [5.41, 5.74) is 0.585. The molecule has 0 amide bonds. The Kier molecular flexibility index (Phi) is 4.19. The van der Waals surface area contributed by atoms with Crippen LogP contribution in [0.4, 0.5) is 21.5 Å². The Morgan fingerprint density at radius 3 is 2.70 bits per heavy atom. The van der Waals surface area contributed by atoms with Crippen molar-refractivity contribution in [1.29, 1.82) is 0 Å². The van der Waals surface area contributed by atoms with Crippen LogP contribution in [0.5, 0.6) is 5.75 Å². The number of methoxy groups -OCH3 is 1. The molecule has 1 N–H and O–H groups in total. The van der Waals surface area contributed by atoms with E-state index < -0.39 is 10.7 Å². The van der Waals surface area contributed by atoms with Crippen molar-refractivity contribution in [2.75, 3.05) is 12.4 Å². The fraction of sp³-hybridized carbons (Fsp3) is 0.0769. The molecule has 0 fully saturated rings. The zero-order chi connectivity index (χ0) is 14.7. The van der Waals surface area contributed by atoms with Crippen LogP contribution in [-0.2, 0) is 0 Å². The van der Waals surface area contributed by atoms with E-state index in [9.17, 15) is 14.5 Å². The van der Waals surface area contributed by atoms with Gasteiger partial charge >= 0.3 is 0 Å². The van der Waals surface area contributed by atoms with Gasteiger partial charge in [0, 0.05) is 22.3 Å². The monoisotopic (exact) mass is 340 g/mol. The third-order valence-corrected chi connectivity index (χ3v) is 3.24. The maximum Gasteiger partial charge on any atom is 0.274 e.